The van der Waals surface area contributed by atoms with Gasteiger partial charge in [-0.05, 0) is 43.2 Å². The number of amides is 2. The maximum atomic E-state index is 11.9. The van der Waals surface area contributed by atoms with Crippen LogP contribution < -0.4 is 10.6 Å². The predicted octanol–water partition coefficient (Wildman–Crippen LogP) is 4.31. The van der Waals surface area contributed by atoms with Crippen molar-refractivity contribution in [1.29, 1.82) is 0 Å². The van der Waals surface area contributed by atoms with E-state index in [4.69, 9.17) is 11.6 Å². The summed E-state index contributed by atoms with van der Waals surface area (Å²) in [6, 6.07) is 9.77. The van der Waals surface area contributed by atoms with Crippen LogP contribution in [-0.4, -0.2) is 11.1 Å². The number of halogens is 1. The number of phenolic OH excluding ortho intramolecular Hbond substituents is 1. The summed E-state index contributed by atoms with van der Waals surface area (Å²) < 4.78 is 0. The molecule has 0 aliphatic heterocycles. The van der Waals surface area contributed by atoms with Crippen LogP contribution in [0.25, 0.3) is 0 Å². The van der Waals surface area contributed by atoms with Gasteiger partial charge in [-0.15, -0.1) is 0 Å². The van der Waals surface area contributed by atoms with Gasteiger partial charge in [-0.25, -0.2) is 4.79 Å². The number of urea groups is 1. The number of rotatable bonds is 2. The standard InChI is InChI=1S/C15H15ClN2O2/c1-9-7-10(2)14(11(16)8-9)18-15(20)17-12-5-3-4-6-13(12)19/h3-8,19H,1-2H3,(H2,17,18,20). The quantitative estimate of drug-likeness (QED) is 0.722. The van der Waals surface area contributed by atoms with Crippen molar-refractivity contribution in [1.82, 2.24) is 0 Å². The highest BCUT2D eigenvalue weighted by Crippen LogP contribution is 2.28. The number of carbonyl (C=O) groups excluding carboxylic acids is 1. The van der Waals surface area contributed by atoms with Crippen molar-refractivity contribution in [2.45, 2.75) is 13.8 Å². The predicted molar refractivity (Wildman–Crippen MR) is 81.7 cm³/mol. The minimum atomic E-state index is -0.458. The van der Waals surface area contributed by atoms with E-state index in [2.05, 4.69) is 10.6 Å². The van der Waals surface area contributed by atoms with E-state index in [0.717, 1.165) is 11.1 Å². The van der Waals surface area contributed by atoms with Crippen LogP contribution in [0.3, 0.4) is 0 Å². The molecule has 5 heteroatoms. The molecule has 2 aromatic carbocycles. The van der Waals surface area contributed by atoms with Gasteiger partial charge in [0.1, 0.15) is 5.75 Å². The Hall–Kier alpha value is -2.20. The number of carbonyl (C=O) groups is 1. The van der Waals surface area contributed by atoms with Crippen molar-refractivity contribution in [3.8, 4) is 5.75 Å². The molecule has 2 amide bonds. The normalized spacial score (nSPS) is 10.2. The van der Waals surface area contributed by atoms with Crippen molar-refractivity contribution in [3.05, 3.63) is 52.5 Å². The van der Waals surface area contributed by atoms with Crippen LogP contribution in [0.4, 0.5) is 16.2 Å². The Bertz CT molecular complexity index is 633. The Morgan fingerprint density at radius 3 is 2.50 bits per heavy atom. The Balaban J connectivity index is 2.15. The lowest BCUT2D eigenvalue weighted by molar-refractivity contribution is 0.262. The third kappa shape index (κ3) is 3.22. The SMILES string of the molecule is Cc1cc(C)c(NC(=O)Nc2ccccc2O)c(Cl)c1. The fourth-order valence-corrected chi connectivity index (χ4v) is 2.29. The van der Waals surface area contributed by atoms with Crippen LogP contribution in [0.15, 0.2) is 36.4 Å². The zero-order valence-corrected chi connectivity index (χ0v) is 12.0. The molecule has 0 atom stereocenters. The fraction of sp³-hybridized carbons (Fsp3) is 0.133. The topological polar surface area (TPSA) is 61.4 Å². The summed E-state index contributed by atoms with van der Waals surface area (Å²) in [5.41, 5.74) is 2.80. The Labute approximate surface area is 122 Å². The molecular weight excluding hydrogens is 276 g/mol. The first-order valence-corrected chi connectivity index (χ1v) is 6.48. The van der Waals surface area contributed by atoms with E-state index in [-0.39, 0.29) is 5.75 Å². The van der Waals surface area contributed by atoms with Gasteiger partial charge in [-0.1, -0.05) is 29.8 Å². The van der Waals surface area contributed by atoms with Gasteiger partial charge < -0.3 is 15.7 Å². The van der Waals surface area contributed by atoms with Gasteiger partial charge in [0.25, 0.3) is 0 Å². The van der Waals surface area contributed by atoms with Crippen molar-refractivity contribution in [2.24, 2.45) is 0 Å². The summed E-state index contributed by atoms with van der Waals surface area (Å²) in [6.07, 6.45) is 0. The lowest BCUT2D eigenvalue weighted by Gasteiger charge is -2.13. The molecule has 104 valence electrons. The summed E-state index contributed by atoms with van der Waals surface area (Å²) in [7, 11) is 0. The number of aromatic hydroxyl groups is 1. The number of nitrogens with one attached hydrogen (secondary N) is 2. The van der Waals surface area contributed by atoms with Crippen LogP contribution in [0, 0.1) is 13.8 Å². The van der Waals surface area contributed by atoms with E-state index in [9.17, 15) is 9.90 Å². The average molecular weight is 291 g/mol. The number of hydrogen-bond donors (Lipinski definition) is 3. The molecule has 4 nitrogen and oxygen atoms in total. The highest BCUT2D eigenvalue weighted by molar-refractivity contribution is 6.34. The van der Waals surface area contributed by atoms with Gasteiger partial charge in [0.05, 0.1) is 16.4 Å². The van der Waals surface area contributed by atoms with Gasteiger partial charge in [-0.3, -0.25) is 0 Å². The van der Waals surface area contributed by atoms with Gasteiger partial charge in [0, 0.05) is 0 Å². The Kier molecular flexibility index (Phi) is 4.15. The molecular formula is C15H15ClN2O2. The highest BCUT2D eigenvalue weighted by Gasteiger charge is 2.10. The summed E-state index contributed by atoms with van der Waals surface area (Å²) in [5.74, 6) is 0.00868. The molecule has 20 heavy (non-hydrogen) atoms. The number of hydrogen-bond acceptors (Lipinski definition) is 2. The van der Waals surface area contributed by atoms with Crippen LogP contribution >= 0.6 is 11.6 Å². The van der Waals surface area contributed by atoms with Gasteiger partial charge in [0.2, 0.25) is 0 Å². The second kappa shape index (κ2) is 5.84. The minimum Gasteiger partial charge on any atom is -0.506 e. The largest absolute Gasteiger partial charge is 0.506 e. The summed E-state index contributed by atoms with van der Waals surface area (Å²) >= 11 is 6.12. The number of para-hydroxylation sites is 2. The lowest BCUT2D eigenvalue weighted by Crippen LogP contribution is -2.20. The molecule has 2 aromatic rings. The lowest BCUT2D eigenvalue weighted by atomic mass is 10.1. The third-order valence-electron chi connectivity index (χ3n) is 2.82. The number of benzene rings is 2. The maximum Gasteiger partial charge on any atom is 0.323 e. The van der Waals surface area contributed by atoms with E-state index in [0.29, 0.717) is 16.4 Å². The van der Waals surface area contributed by atoms with E-state index in [1.807, 2.05) is 19.9 Å². The summed E-state index contributed by atoms with van der Waals surface area (Å²) in [4.78, 5) is 11.9. The van der Waals surface area contributed by atoms with Crippen LogP contribution in [-0.2, 0) is 0 Å². The van der Waals surface area contributed by atoms with E-state index >= 15 is 0 Å². The highest BCUT2D eigenvalue weighted by atomic mass is 35.5. The zero-order chi connectivity index (χ0) is 14.7. The molecule has 0 aromatic heterocycles. The molecule has 0 aliphatic rings. The third-order valence-corrected chi connectivity index (χ3v) is 3.12. The summed E-state index contributed by atoms with van der Waals surface area (Å²) in [5, 5.41) is 15.3. The molecule has 0 saturated heterocycles. The fourth-order valence-electron chi connectivity index (χ4n) is 1.92. The maximum absolute atomic E-state index is 11.9. The first kappa shape index (κ1) is 14.2. The van der Waals surface area contributed by atoms with Crippen molar-refractivity contribution >= 4 is 29.0 Å². The van der Waals surface area contributed by atoms with Crippen molar-refractivity contribution in [3.63, 3.8) is 0 Å². The van der Waals surface area contributed by atoms with E-state index < -0.39 is 6.03 Å². The van der Waals surface area contributed by atoms with E-state index in [1.54, 1.807) is 24.3 Å². The average Bonchev–Trinajstić information content (AvgIpc) is 2.36. The molecule has 0 heterocycles. The number of aryl methyl sites for hydroxylation is 2. The Morgan fingerprint density at radius 1 is 1.15 bits per heavy atom. The van der Waals surface area contributed by atoms with Crippen molar-refractivity contribution in [2.75, 3.05) is 10.6 Å². The van der Waals surface area contributed by atoms with Crippen LogP contribution in [0.2, 0.25) is 5.02 Å². The first-order valence-electron chi connectivity index (χ1n) is 6.10. The molecule has 0 aliphatic carbocycles. The summed E-state index contributed by atoms with van der Waals surface area (Å²) in [6.45, 7) is 3.80. The second-order valence-corrected chi connectivity index (χ2v) is 4.94. The van der Waals surface area contributed by atoms with Gasteiger partial charge in [-0.2, -0.15) is 0 Å². The molecule has 0 unspecified atom stereocenters. The smallest absolute Gasteiger partial charge is 0.323 e. The molecule has 3 N–H and O–H groups in total. The molecule has 0 bridgehead atoms. The number of phenols is 1. The number of anilines is 2. The van der Waals surface area contributed by atoms with Gasteiger partial charge in [0.15, 0.2) is 0 Å². The molecule has 0 saturated carbocycles. The first-order chi connectivity index (χ1) is 9.47. The molecule has 0 fully saturated rings. The second-order valence-electron chi connectivity index (χ2n) is 4.53. The molecule has 0 spiro atoms. The monoisotopic (exact) mass is 290 g/mol. The van der Waals surface area contributed by atoms with Gasteiger partial charge >= 0.3 is 6.03 Å². The van der Waals surface area contributed by atoms with Crippen LogP contribution in [0.1, 0.15) is 11.1 Å². The van der Waals surface area contributed by atoms with E-state index in [1.165, 1.54) is 6.07 Å². The van der Waals surface area contributed by atoms with Crippen LogP contribution in [0.5, 0.6) is 5.75 Å². The minimum absolute atomic E-state index is 0.00868. The zero-order valence-electron chi connectivity index (χ0n) is 11.2. The molecule has 0 radical (unpaired) electrons. The molecule has 2 rings (SSSR count). The Morgan fingerprint density at radius 2 is 1.85 bits per heavy atom. The van der Waals surface area contributed by atoms with Crippen molar-refractivity contribution < 1.29 is 9.90 Å².